The van der Waals surface area contributed by atoms with Crippen LogP contribution in [0, 0.1) is 13.8 Å². The topological polar surface area (TPSA) is 41.6 Å². The number of para-hydroxylation sites is 1. The molecule has 1 fully saturated rings. The molecule has 1 atom stereocenters. The van der Waals surface area contributed by atoms with Crippen LogP contribution < -0.4 is 10.2 Å². The Labute approximate surface area is 114 Å². The average Bonchev–Trinajstić information content (AvgIpc) is 2.39. The van der Waals surface area contributed by atoms with E-state index >= 15 is 0 Å². The smallest absolute Gasteiger partial charge is 0.307 e. The van der Waals surface area contributed by atoms with Crippen molar-refractivity contribution in [3.8, 4) is 0 Å². The van der Waals surface area contributed by atoms with E-state index in [-0.39, 0.29) is 12.0 Å². The number of anilines is 1. The molecule has 1 saturated heterocycles. The molecule has 4 nitrogen and oxygen atoms in total. The van der Waals surface area contributed by atoms with E-state index in [1.54, 1.807) is 0 Å². The van der Waals surface area contributed by atoms with E-state index in [1.165, 1.54) is 23.9 Å². The van der Waals surface area contributed by atoms with Crippen molar-refractivity contribution >= 4 is 11.7 Å². The van der Waals surface area contributed by atoms with Gasteiger partial charge >= 0.3 is 5.97 Å². The maximum atomic E-state index is 11.4. The molecule has 1 aliphatic heterocycles. The van der Waals surface area contributed by atoms with Crippen molar-refractivity contribution in [2.45, 2.75) is 26.3 Å². The molecule has 1 aromatic carbocycles. The Hall–Kier alpha value is -1.55. The lowest BCUT2D eigenvalue weighted by molar-refractivity contribution is -0.141. The summed E-state index contributed by atoms with van der Waals surface area (Å²) in [6, 6.07) is 6.53. The highest BCUT2D eigenvalue weighted by molar-refractivity contribution is 5.70. The van der Waals surface area contributed by atoms with E-state index in [2.05, 4.69) is 42.3 Å². The quantitative estimate of drug-likeness (QED) is 0.841. The Morgan fingerprint density at radius 3 is 2.74 bits per heavy atom. The summed E-state index contributed by atoms with van der Waals surface area (Å²) in [4.78, 5) is 13.7. The Morgan fingerprint density at radius 1 is 1.42 bits per heavy atom. The molecule has 1 heterocycles. The summed E-state index contributed by atoms with van der Waals surface area (Å²) in [6.45, 7) is 7.00. The van der Waals surface area contributed by atoms with Crippen LogP contribution in [-0.4, -0.2) is 38.8 Å². The lowest BCUT2D eigenvalue weighted by Crippen LogP contribution is -2.52. The first-order valence-electron chi connectivity index (χ1n) is 6.73. The lowest BCUT2D eigenvalue weighted by atomic mass is 10.0. The fourth-order valence-electron chi connectivity index (χ4n) is 2.75. The van der Waals surface area contributed by atoms with Crippen LogP contribution in [0.4, 0.5) is 5.69 Å². The molecule has 0 spiro atoms. The number of aryl methyl sites for hydroxylation is 2. The van der Waals surface area contributed by atoms with E-state index in [4.69, 9.17) is 4.74 Å². The van der Waals surface area contributed by atoms with Crippen LogP contribution in [0.2, 0.25) is 0 Å². The molecule has 104 valence electrons. The molecule has 4 heteroatoms. The number of piperazine rings is 1. The van der Waals surface area contributed by atoms with Crippen LogP contribution in [0.15, 0.2) is 18.2 Å². The summed E-state index contributed by atoms with van der Waals surface area (Å²) in [5, 5.41) is 3.38. The molecule has 0 radical (unpaired) electrons. The van der Waals surface area contributed by atoms with Gasteiger partial charge in [-0.3, -0.25) is 4.79 Å². The van der Waals surface area contributed by atoms with Crippen molar-refractivity contribution in [3.63, 3.8) is 0 Å². The third kappa shape index (κ3) is 3.26. The summed E-state index contributed by atoms with van der Waals surface area (Å²) >= 11 is 0. The van der Waals surface area contributed by atoms with E-state index in [1.807, 2.05) is 0 Å². The number of hydrogen-bond acceptors (Lipinski definition) is 4. The largest absolute Gasteiger partial charge is 0.469 e. The zero-order valence-electron chi connectivity index (χ0n) is 11.9. The minimum Gasteiger partial charge on any atom is -0.469 e. The van der Waals surface area contributed by atoms with Crippen LogP contribution in [-0.2, 0) is 9.53 Å². The zero-order chi connectivity index (χ0) is 13.8. The first-order valence-corrected chi connectivity index (χ1v) is 6.73. The van der Waals surface area contributed by atoms with Gasteiger partial charge in [0.1, 0.15) is 0 Å². The number of esters is 1. The summed E-state index contributed by atoms with van der Waals surface area (Å²) in [5.41, 5.74) is 3.89. The number of carbonyl (C=O) groups excluding carboxylic acids is 1. The van der Waals surface area contributed by atoms with Gasteiger partial charge in [-0.05, 0) is 25.0 Å². The highest BCUT2D eigenvalue weighted by Gasteiger charge is 2.23. The van der Waals surface area contributed by atoms with Crippen LogP contribution in [0.3, 0.4) is 0 Å². The van der Waals surface area contributed by atoms with Crippen molar-refractivity contribution in [1.82, 2.24) is 5.32 Å². The molecule has 0 aromatic heterocycles. The van der Waals surface area contributed by atoms with E-state index < -0.39 is 0 Å². The molecule has 1 N–H and O–H groups in total. The first-order chi connectivity index (χ1) is 9.11. The Bertz CT molecular complexity index is 439. The van der Waals surface area contributed by atoms with Crippen molar-refractivity contribution in [3.05, 3.63) is 29.3 Å². The van der Waals surface area contributed by atoms with Gasteiger partial charge in [0.05, 0.1) is 13.5 Å². The molecule has 0 amide bonds. The number of rotatable bonds is 3. The van der Waals surface area contributed by atoms with Gasteiger partial charge in [0.15, 0.2) is 0 Å². The molecule has 19 heavy (non-hydrogen) atoms. The van der Waals surface area contributed by atoms with Gasteiger partial charge in [-0.2, -0.15) is 0 Å². The minimum absolute atomic E-state index is 0.152. The monoisotopic (exact) mass is 262 g/mol. The third-order valence-electron chi connectivity index (χ3n) is 3.65. The zero-order valence-corrected chi connectivity index (χ0v) is 11.9. The minimum atomic E-state index is -0.152. The summed E-state index contributed by atoms with van der Waals surface area (Å²) in [7, 11) is 1.44. The second-order valence-corrected chi connectivity index (χ2v) is 5.12. The number of nitrogens with one attached hydrogen (secondary N) is 1. The summed E-state index contributed by atoms with van der Waals surface area (Å²) < 4.78 is 4.74. The van der Waals surface area contributed by atoms with Gasteiger partial charge in [0.2, 0.25) is 0 Å². The van der Waals surface area contributed by atoms with Crippen molar-refractivity contribution in [2.24, 2.45) is 0 Å². The van der Waals surface area contributed by atoms with Crippen LogP contribution in [0.1, 0.15) is 17.5 Å². The maximum Gasteiger partial charge on any atom is 0.307 e. The highest BCUT2D eigenvalue weighted by Crippen LogP contribution is 2.25. The number of nitrogens with zero attached hydrogens (tertiary/aromatic N) is 1. The number of methoxy groups -OCH3 is 1. The van der Waals surface area contributed by atoms with E-state index in [0.717, 1.165) is 19.6 Å². The predicted molar refractivity (Wildman–Crippen MR) is 76.6 cm³/mol. The number of ether oxygens (including phenoxy) is 1. The molecule has 2 rings (SSSR count). The highest BCUT2D eigenvalue weighted by atomic mass is 16.5. The van der Waals surface area contributed by atoms with Crippen molar-refractivity contribution in [2.75, 3.05) is 31.6 Å². The van der Waals surface area contributed by atoms with E-state index in [0.29, 0.717) is 6.42 Å². The molecule has 0 saturated carbocycles. The van der Waals surface area contributed by atoms with Crippen LogP contribution >= 0.6 is 0 Å². The molecule has 1 aromatic rings. The molecule has 1 unspecified atom stereocenters. The molecule has 0 aliphatic carbocycles. The predicted octanol–water partition coefficient (Wildman–Crippen LogP) is 1.64. The second kappa shape index (κ2) is 6.06. The fraction of sp³-hybridized carbons (Fsp3) is 0.533. The molecule has 0 bridgehead atoms. The molecular formula is C15H22N2O2. The Balaban J connectivity index is 2.11. The van der Waals surface area contributed by atoms with Crippen molar-refractivity contribution < 1.29 is 9.53 Å². The standard InChI is InChI=1S/C15H22N2O2/c1-11-5-4-6-12(2)15(11)17-8-7-16-13(10-17)9-14(18)19-3/h4-6,13,16H,7-10H2,1-3H3. The Morgan fingerprint density at radius 2 is 2.11 bits per heavy atom. The van der Waals surface area contributed by atoms with Crippen LogP contribution in [0.25, 0.3) is 0 Å². The lowest BCUT2D eigenvalue weighted by Gasteiger charge is -2.36. The maximum absolute atomic E-state index is 11.4. The number of benzene rings is 1. The SMILES string of the molecule is COC(=O)CC1CN(c2c(C)cccc2C)CCN1. The van der Waals surface area contributed by atoms with Gasteiger partial charge in [0.25, 0.3) is 0 Å². The first kappa shape index (κ1) is 13.9. The van der Waals surface area contributed by atoms with Crippen LogP contribution in [0.5, 0.6) is 0 Å². The third-order valence-corrected chi connectivity index (χ3v) is 3.65. The summed E-state index contributed by atoms with van der Waals surface area (Å²) in [6.07, 6.45) is 0.429. The second-order valence-electron chi connectivity index (χ2n) is 5.12. The van der Waals surface area contributed by atoms with Gasteiger partial charge in [0, 0.05) is 31.4 Å². The van der Waals surface area contributed by atoms with Gasteiger partial charge in [-0.1, -0.05) is 18.2 Å². The molecule has 1 aliphatic rings. The average molecular weight is 262 g/mol. The fourth-order valence-corrected chi connectivity index (χ4v) is 2.75. The normalized spacial score (nSPS) is 19.3. The number of carbonyl (C=O) groups is 1. The van der Waals surface area contributed by atoms with E-state index in [9.17, 15) is 4.79 Å². The van der Waals surface area contributed by atoms with Crippen molar-refractivity contribution in [1.29, 1.82) is 0 Å². The summed E-state index contributed by atoms with van der Waals surface area (Å²) in [5.74, 6) is -0.152. The van der Waals surface area contributed by atoms with Gasteiger partial charge in [-0.15, -0.1) is 0 Å². The molecular weight excluding hydrogens is 240 g/mol. The van der Waals surface area contributed by atoms with Gasteiger partial charge in [-0.25, -0.2) is 0 Å². The number of hydrogen-bond donors (Lipinski definition) is 1. The van der Waals surface area contributed by atoms with Gasteiger partial charge < -0.3 is 15.0 Å². The Kier molecular flexibility index (Phi) is 4.43.